The Morgan fingerprint density at radius 2 is 2.12 bits per heavy atom. The number of nitrogens with zero attached hydrogens (tertiary/aromatic N) is 1. The van der Waals surface area contributed by atoms with E-state index in [2.05, 4.69) is 0 Å². The van der Waals surface area contributed by atoms with Gasteiger partial charge in [-0.1, -0.05) is 0 Å². The van der Waals surface area contributed by atoms with E-state index in [1.807, 2.05) is 0 Å². The molecular weight excluding hydrogens is 224 g/mol. The Labute approximate surface area is 96.2 Å². The van der Waals surface area contributed by atoms with Gasteiger partial charge in [0.15, 0.2) is 0 Å². The molecule has 0 aliphatic heterocycles. The van der Waals surface area contributed by atoms with Crippen molar-refractivity contribution in [3.8, 4) is 5.75 Å². The molecule has 0 saturated heterocycles. The minimum Gasteiger partial charge on any atom is -0.497 e. The lowest BCUT2D eigenvalue weighted by atomic mass is 10.2. The van der Waals surface area contributed by atoms with Gasteiger partial charge in [-0.15, -0.1) is 0 Å². The monoisotopic (exact) mass is 234 g/mol. The van der Waals surface area contributed by atoms with Crippen molar-refractivity contribution >= 4 is 22.9 Å². The maximum absolute atomic E-state index is 11.2. The number of hydrogen-bond acceptors (Lipinski definition) is 3. The SMILES string of the molecule is COc1ccc2c(C(=O)O)cn(C(N)=O)c2c1. The second kappa shape index (κ2) is 3.82. The van der Waals surface area contributed by atoms with Gasteiger partial charge < -0.3 is 15.6 Å². The molecule has 0 saturated carbocycles. The van der Waals surface area contributed by atoms with Crippen LogP contribution in [0.15, 0.2) is 24.4 Å². The molecule has 6 nitrogen and oxygen atoms in total. The summed E-state index contributed by atoms with van der Waals surface area (Å²) in [6.45, 7) is 0. The van der Waals surface area contributed by atoms with Gasteiger partial charge >= 0.3 is 12.0 Å². The van der Waals surface area contributed by atoms with E-state index in [4.69, 9.17) is 15.6 Å². The number of amides is 1. The molecular formula is C11H10N2O4. The molecule has 6 heteroatoms. The first-order valence-electron chi connectivity index (χ1n) is 4.77. The summed E-state index contributed by atoms with van der Waals surface area (Å²) in [6.07, 6.45) is 1.20. The Hall–Kier alpha value is -2.50. The summed E-state index contributed by atoms with van der Waals surface area (Å²) >= 11 is 0. The minimum absolute atomic E-state index is 0.0291. The molecule has 0 unspecified atom stereocenters. The van der Waals surface area contributed by atoms with Gasteiger partial charge in [-0.25, -0.2) is 9.59 Å². The molecule has 1 amide bonds. The van der Waals surface area contributed by atoms with E-state index in [0.717, 1.165) is 4.57 Å². The summed E-state index contributed by atoms with van der Waals surface area (Å²) < 4.78 is 6.10. The van der Waals surface area contributed by atoms with Crippen molar-refractivity contribution in [3.05, 3.63) is 30.0 Å². The number of aromatic nitrogens is 1. The number of rotatable bonds is 2. The predicted molar refractivity (Wildman–Crippen MR) is 60.4 cm³/mol. The predicted octanol–water partition coefficient (Wildman–Crippen LogP) is 1.27. The number of aromatic carboxylic acids is 1. The van der Waals surface area contributed by atoms with Crippen LogP contribution in [0.25, 0.3) is 10.9 Å². The molecule has 0 aliphatic carbocycles. The van der Waals surface area contributed by atoms with E-state index in [-0.39, 0.29) is 5.56 Å². The highest BCUT2D eigenvalue weighted by Crippen LogP contribution is 2.25. The third kappa shape index (κ3) is 1.69. The topological polar surface area (TPSA) is 94.6 Å². The Balaban J connectivity index is 2.81. The second-order valence-electron chi connectivity index (χ2n) is 3.44. The number of benzene rings is 1. The number of carboxylic acid groups (broad SMARTS) is 1. The molecule has 0 bridgehead atoms. The fourth-order valence-corrected chi connectivity index (χ4v) is 1.69. The molecule has 2 rings (SSSR count). The van der Waals surface area contributed by atoms with Crippen LogP contribution in [-0.4, -0.2) is 28.8 Å². The van der Waals surface area contributed by atoms with Crippen molar-refractivity contribution in [1.82, 2.24) is 4.57 Å². The van der Waals surface area contributed by atoms with Crippen LogP contribution < -0.4 is 10.5 Å². The zero-order valence-corrected chi connectivity index (χ0v) is 9.01. The van der Waals surface area contributed by atoms with Gasteiger partial charge in [0.2, 0.25) is 0 Å². The van der Waals surface area contributed by atoms with Crippen molar-refractivity contribution in [2.75, 3.05) is 7.11 Å². The molecule has 1 heterocycles. The van der Waals surface area contributed by atoms with Gasteiger partial charge in [0.05, 0.1) is 18.2 Å². The normalized spacial score (nSPS) is 10.4. The van der Waals surface area contributed by atoms with Crippen molar-refractivity contribution in [2.24, 2.45) is 5.73 Å². The molecule has 3 N–H and O–H groups in total. The molecule has 88 valence electrons. The van der Waals surface area contributed by atoms with Gasteiger partial charge in [0.25, 0.3) is 0 Å². The number of hydrogen-bond donors (Lipinski definition) is 2. The highest BCUT2D eigenvalue weighted by molar-refractivity contribution is 6.06. The summed E-state index contributed by atoms with van der Waals surface area (Å²) in [6, 6.07) is 4.03. The molecule has 17 heavy (non-hydrogen) atoms. The van der Waals surface area contributed by atoms with Crippen LogP contribution >= 0.6 is 0 Å². The molecule has 2 aromatic rings. The Kier molecular flexibility index (Phi) is 2.47. The van der Waals surface area contributed by atoms with Crippen molar-refractivity contribution in [2.45, 2.75) is 0 Å². The van der Waals surface area contributed by atoms with Crippen LogP contribution in [0.4, 0.5) is 4.79 Å². The van der Waals surface area contributed by atoms with E-state index in [0.29, 0.717) is 16.7 Å². The fourth-order valence-electron chi connectivity index (χ4n) is 1.69. The Morgan fingerprint density at radius 3 is 2.65 bits per heavy atom. The van der Waals surface area contributed by atoms with E-state index in [1.165, 1.54) is 13.3 Å². The third-order valence-electron chi connectivity index (χ3n) is 2.48. The van der Waals surface area contributed by atoms with E-state index in [1.54, 1.807) is 18.2 Å². The lowest BCUT2D eigenvalue weighted by Crippen LogP contribution is -2.18. The number of fused-ring (bicyclic) bond motifs is 1. The van der Waals surface area contributed by atoms with E-state index < -0.39 is 12.0 Å². The quantitative estimate of drug-likeness (QED) is 0.818. The van der Waals surface area contributed by atoms with Crippen molar-refractivity contribution in [3.63, 3.8) is 0 Å². The van der Waals surface area contributed by atoms with Gasteiger partial charge in [-0.3, -0.25) is 4.57 Å². The van der Waals surface area contributed by atoms with Crippen LogP contribution in [0.1, 0.15) is 10.4 Å². The number of carbonyl (C=O) groups is 2. The van der Waals surface area contributed by atoms with Crippen LogP contribution in [0.3, 0.4) is 0 Å². The number of methoxy groups -OCH3 is 1. The standard InChI is InChI=1S/C11H10N2O4/c1-17-6-2-3-7-8(10(14)15)5-13(11(12)16)9(7)4-6/h2-5H,1H3,(H2,12,16)(H,14,15). The first kappa shape index (κ1) is 11.0. The summed E-state index contributed by atoms with van der Waals surface area (Å²) in [4.78, 5) is 22.2. The average Bonchev–Trinajstić information content (AvgIpc) is 2.67. The molecule has 1 aromatic heterocycles. The van der Waals surface area contributed by atoms with Crippen LogP contribution in [-0.2, 0) is 0 Å². The number of nitrogens with two attached hydrogens (primary N) is 1. The number of carbonyl (C=O) groups excluding carboxylic acids is 1. The molecule has 0 spiro atoms. The zero-order valence-electron chi connectivity index (χ0n) is 9.01. The zero-order chi connectivity index (χ0) is 12.6. The van der Waals surface area contributed by atoms with Crippen molar-refractivity contribution in [1.29, 1.82) is 0 Å². The summed E-state index contributed by atoms with van der Waals surface area (Å²) in [5.41, 5.74) is 5.62. The number of carboxylic acids is 1. The van der Waals surface area contributed by atoms with Crippen LogP contribution in [0.5, 0.6) is 5.75 Å². The summed E-state index contributed by atoms with van der Waals surface area (Å²) in [5.74, 6) is -0.588. The van der Waals surface area contributed by atoms with Gasteiger partial charge in [0, 0.05) is 17.6 Å². The first-order valence-corrected chi connectivity index (χ1v) is 4.77. The second-order valence-corrected chi connectivity index (χ2v) is 3.44. The van der Waals surface area contributed by atoms with Gasteiger partial charge in [-0.05, 0) is 12.1 Å². The lowest BCUT2D eigenvalue weighted by molar-refractivity contribution is 0.0699. The van der Waals surface area contributed by atoms with Crippen LogP contribution in [0, 0.1) is 0 Å². The van der Waals surface area contributed by atoms with Crippen LogP contribution in [0.2, 0.25) is 0 Å². The molecule has 0 aliphatic rings. The molecule has 0 atom stereocenters. The maximum Gasteiger partial charge on any atom is 0.337 e. The smallest absolute Gasteiger partial charge is 0.337 e. The maximum atomic E-state index is 11.2. The number of primary amides is 1. The average molecular weight is 234 g/mol. The fraction of sp³-hybridized carbons (Fsp3) is 0.0909. The minimum atomic E-state index is -1.11. The van der Waals surface area contributed by atoms with E-state index >= 15 is 0 Å². The van der Waals surface area contributed by atoms with Gasteiger partial charge in [0.1, 0.15) is 5.75 Å². The summed E-state index contributed by atoms with van der Waals surface area (Å²) in [7, 11) is 1.48. The lowest BCUT2D eigenvalue weighted by Gasteiger charge is -2.02. The first-order chi connectivity index (χ1) is 8.04. The Morgan fingerprint density at radius 1 is 1.41 bits per heavy atom. The third-order valence-corrected chi connectivity index (χ3v) is 2.48. The van der Waals surface area contributed by atoms with Gasteiger partial charge in [-0.2, -0.15) is 0 Å². The van der Waals surface area contributed by atoms with Crippen molar-refractivity contribution < 1.29 is 19.4 Å². The molecule has 1 aromatic carbocycles. The molecule has 0 radical (unpaired) electrons. The Bertz CT molecular complexity index is 615. The largest absolute Gasteiger partial charge is 0.497 e. The summed E-state index contributed by atoms with van der Waals surface area (Å²) in [5, 5.41) is 9.45. The molecule has 0 fully saturated rings. The van der Waals surface area contributed by atoms with E-state index in [9.17, 15) is 9.59 Å². The highest BCUT2D eigenvalue weighted by Gasteiger charge is 2.16. The highest BCUT2D eigenvalue weighted by atomic mass is 16.5. The number of ether oxygens (including phenoxy) is 1.